The van der Waals surface area contributed by atoms with Crippen molar-refractivity contribution in [2.45, 2.75) is 39.3 Å². The molecule has 0 saturated carbocycles. The summed E-state index contributed by atoms with van der Waals surface area (Å²) in [4.78, 5) is 4.15. The van der Waals surface area contributed by atoms with Crippen LogP contribution < -0.4 is 5.32 Å². The molecule has 4 heteroatoms. The van der Waals surface area contributed by atoms with E-state index in [1.807, 2.05) is 24.1 Å². The zero-order valence-corrected chi connectivity index (χ0v) is 10.7. The molecule has 1 unspecified atom stereocenters. The van der Waals surface area contributed by atoms with Gasteiger partial charge in [-0.05, 0) is 26.8 Å². The lowest BCUT2D eigenvalue weighted by Gasteiger charge is -2.20. The molecule has 0 radical (unpaired) electrons. The van der Waals surface area contributed by atoms with Crippen molar-refractivity contribution in [1.82, 2.24) is 14.9 Å². The summed E-state index contributed by atoms with van der Waals surface area (Å²) in [6.07, 6.45) is 5.11. The van der Waals surface area contributed by atoms with E-state index in [1.165, 1.54) is 5.69 Å². The van der Waals surface area contributed by atoms with Gasteiger partial charge in [0.05, 0.1) is 30.8 Å². The van der Waals surface area contributed by atoms with E-state index in [2.05, 4.69) is 31.1 Å². The van der Waals surface area contributed by atoms with Crippen molar-refractivity contribution in [3.8, 4) is 0 Å². The predicted molar refractivity (Wildman–Crippen MR) is 65.3 cm³/mol. The molecule has 1 aromatic rings. The number of rotatable bonds is 7. The van der Waals surface area contributed by atoms with Gasteiger partial charge >= 0.3 is 0 Å². The first-order valence-electron chi connectivity index (χ1n) is 5.96. The Kier molecular flexibility index (Phi) is 5.49. The fraction of sp³-hybridized carbons (Fsp3) is 0.750. The summed E-state index contributed by atoms with van der Waals surface area (Å²) < 4.78 is 7.71. The second kappa shape index (κ2) is 6.66. The minimum absolute atomic E-state index is 0.231. The van der Waals surface area contributed by atoms with E-state index in [9.17, 15) is 0 Å². The maximum absolute atomic E-state index is 5.68. The molecule has 0 aromatic carbocycles. The Hall–Kier alpha value is -0.870. The van der Waals surface area contributed by atoms with Gasteiger partial charge in [0.25, 0.3) is 0 Å². The first-order chi connectivity index (χ1) is 7.65. The highest BCUT2D eigenvalue weighted by Gasteiger charge is 2.14. The maximum atomic E-state index is 5.68. The Labute approximate surface area is 98.0 Å². The number of ether oxygens (including phenoxy) is 1. The molecule has 0 aliphatic rings. The predicted octanol–water partition coefficient (Wildman–Crippen LogP) is 1.89. The standard InChI is InChI=1S/C12H23N3O/c1-5-6-14-11(8-16-10(2)3)12-7-13-9-15(12)4/h7,9-11,14H,5-6,8H2,1-4H3. The second-order valence-corrected chi connectivity index (χ2v) is 4.32. The SMILES string of the molecule is CCCNC(COC(C)C)c1cncn1C. The lowest BCUT2D eigenvalue weighted by molar-refractivity contribution is 0.0598. The quantitative estimate of drug-likeness (QED) is 0.770. The molecule has 0 amide bonds. The molecule has 92 valence electrons. The highest BCUT2D eigenvalue weighted by Crippen LogP contribution is 2.12. The van der Waals surface area contributed by atoms with Crippen LogP contribution in [0.15, 0.2) is 12.5 Å². The Morgan fingerprint density at radius 1 is 1.50 bits per heavy atom. The monoisotopic (exact) mass is 225 g/mol. The zero-order chi connectivity index (χ0) is 12.0. The van der Waals surface area contributed by atoms with Gasteiger partial charge in [0, 0.05) is 13.2 Å². The van der Waals surface area contributed by atoms with Gasteiger partial charge in [-0.25, -0.2) is 4.98 Å². The van der Waals surface area contributed by atoms with Gasteiger partial charge in [0.2, 0.25) is 0 Å². The van der Waals surface area contributed by atoms with Crippen LogP contribution in [0.1, 0.15) is 38.9 Å². The van der Waals surface area contributed by atoms with Crippen LogP contribution in [0.25, 0.3) is 0 Å². The third-order valence-electron chi connectivity index (χ3n) is 2.45. The van der Waals surface area contributed by atoms with E-state index in [4.69, 9.17) is 4.74 Å². The van der Waals surface area contributed by atoms with Crippen LogP contribution in [0, 0.1) is 0 Å². The van der Waals surface area contributed by atoms with Crippen molar-refractivity contribution >= 4 is 0 Å². The first-order valence-corrected chi connectivity index (χ1v) is 5.96. The third kappa shape index (κ3) is 3.94. The van der Waals surface area contributed by atoms with Crippen LogP contribution in [0.2, 0.25) is 0 Å². The number of hydrogen-bond donors (Lipinski definition) is 1. The number of imidazole rings is 1. The largest absolute Gasteiger partial charge is 0.377 e. The van der Waals surface area contributed by atoms with Gasteiger partial charge in [0.1, 0.15) is 0 Å². The van der Waals surface area contributed by atoms with Gasteiger partial charge in [0.15, 0.2) is 0 Å². The van der Waals surface area contributed by atoms with E-state index in [-0.39, 0.29) is 12.1 Å². The molecule has 0 aliphatic carbocycles. The summed E-state index contributed by atoms with van der Waals surface area (Å²) in [5.41, 5.74) is 1.18. The molecule has 1 N–H and O–H groups in total. The van der Waals surface area contributed by atoms with Gasteiger partial charge < -0.3 is 14.6 Å². The lowest BCUT2D eigenvalue weighted by atomic mass is 10.2. The lowest BCUT2D eigenvalue weighted by Crippen LogP contribution is -2.29. The molecular weight excluding hydrogens is 202 g/mol. The van der Waals surface area contributed by atoms with E-state index in [0.717, 1.165) is 13.0 Å². The number of nitrogens with zero attached hydrogens (tertiary/aromatic N) is 2. The number of aromatic nitrogens is 2. The van der Waals surface area contributed by atoms with Gasteiger partial charge in [-0.15, -0.1) is 0 Å². The summed E-state index contributed by atoms with van der Waals surface area (Å²) in [6.45, 7) is 7.96. The van der Waals surface area contributed by atoms with Gasteiger partial charge in [-0.3, -0.25) is 0 Å². The number of aryl methyl sites for hydroxylation is 1. The van der Waals surface area contributed by atoms with Crippen molar-refractivity contribution in [3.05, 3.63) is 18.2 Å². The molecule has 16 heavy (non-hydrogen) atoms. The van der Waals surface area contributed by atoms with Crippen molar-refractivity contribution < 1.29 is 4.74 Å². The van der Waals surface area contributed by atoms with Crippen LogP contribution >= 0.6 is 0 Å². The van der Waals surface area contributed by atoms with E-state index in [0.29, 0.717) is 6.61 Å². The summed E-state index contributed by atoms with van der Waals surface area (Å²) in [7, 11) is 2.01. The Balaban J connectivity index is 2.60. The van der Waals surface area contributed by atoms with Crippen molar-refractivity contribution in [3.63, 3.8) is 0 Å². The molecule has 0 saturated heterocycles. The average Bonchev–Trinajstić information content (AvgIpc) is 2.65. The molecule has 0 bridgehead atoms. The topological polar surface area (TPSA) is 39.1 Å². The Bertz CT molecular complexity index is 296. The first kappa shape index (κ1) is 13.2. The average molecular weight is 225 g/mol. The zero-order valence-electron chi connectivity index (χ0n) is 10.7. The normalized spacial score (nSPS) is 13.3. The molecule has 1 aromatic heterocycles. The molecule has 0 aliphatic heterocycles. The molecular formula is C12H23N3O. The maximum Gasteiger partial charge on any atom is 0.0946 e. The molecule has 0 spiro atoms. The van der Waals surface area contributed by atoms with Crippen LogP contribution in [0.3, 0.4) is 0 Å². The molecule has 4 nitrogen and oxygen atoms in total. The minimum Gasteiger partial charge on any atom is -0.377 e. The van der Waals surface area contributed by atoms with Crippen LogP contribution in [-0.4, -0.2) is 28.8 Å². The van der Waals surface area contributed by atoms with Crippen LogP contribution in [-0.2, 0) is 11.8 Å². The highest BCUT2D eigenvalue weighted by molar-refractivity contribution is 5.04. The second-order valence-electron chi connectivity index (χ2n) is 4.32. The summed E-state index contributed by atoms with van der Waals surface area (Å²) >= 11 is 0. The Morgan fingerprint density at radius 2 is 2.25 bits per heavy atom. The Morgan fingerprint density at radius 3 is 2.75 bits per heavy atom. The minimum atomic E-state index is 0.231. The molecule has 0 fully saturated rings. The smallest absolute Gasteiger partial charge is 0.0946 e. The summed E-state index contributed by atoms with van der Waals surface area (Å²) in [5.74, 6) is 0. The molecule has 1 heterocycles. The fourth-order valence-corrected chi connectivity index (χ4v) is 1.56. The van der Waals surface area contributed by atoms with Crippen LogP contribution in [0.4, 0.5) is 0 Å². The van der Waals surface area contributed by atoms with Gasteiger partial charge in [-0.2, -0.15) is 0 Å². The summed E-state index contributed by atoms with van der Waals surface area (Å²) in [5, 5.41) is 3.48. The van der Waals surface area contributed by atoms with Crippen LogP contribution in [0.5, 0.6) is 0 Å². The highest BCUT2D eigenvalue weighted by atomic mass is 16.5. The fourth-order valence-electron chi connectivity index (χ4n) is 1.56. The summed E-state index contributed by atoms with van der Waals surface area (Å²) in [6, 6.07) is 0.231. The number of nitrogens with one attached hydrogen (secondary N) is 1. The number of hydrogen-bond acceptors (Lipinski definition) is 3. The van der Waals surface area contributed by atoms with E-state index in [1.54, 1.807) is 0 Å². The van der Waals surface area contributed by atoms with Gasteiger partial charge in [-0.1, -0.05) is 6.92 Å². The van der Waals surface area contributed by atoms with E-state index >= 15 is 0 Å². The van der Waals surface area contributed by atoms with E-state index < -0.39 is 0 Å². The van der Waals surface area contributed by atoms with Crippen molar-refractivity contribution in [1.29, 1.82) is 0 Å². The third-order valence-corrected chi connectivity index (χ3v) is 2.45. The molecule has 1 rings (SSSR count). The molecule has 1 atom stereocenters. The van der Waals surface area contributed by atoms with Crippen molar-refractivity contribution in [2.75, 3.05) is 13.2 Å². The van der Waals surface area contributed by atoms with Crippen molar-refractivity contribution in [2.24, 2.45) is 7.05 Å².